The lowest BCUT2D eigenvalue weighted by Gasteiger charge is -2.14. The second-order valence-corrected chi connectivity index (χ2v) is 4.40. The molecular weight excluding hydrogens is 230 g/mol. The molecule has 0 aliphatic rings. The molecule has 1 unspecified atom stereocenters. The van der Waals surface area contributed by atoms with Crippen molar-refractivity contribution in [1.29, 1.82) is 0 Å². The van der Waals surface area contributed by atoms with E-state index in [0.717, 1.165) is 11.4 Å². The van der Waals surface area contributed by atoms with E-state index in [-0.39, 0.29) is 11.9 Å². The molecule has 0 saturated heterocycles. The largest absolute Gasteiger partial charge is 0.320 e. The van der Waals surface area contributed by atoms with Gasteiger partial charge in [0.1, 0.15) is 6.04 Å². The van der Waals surface area contributed by atoms with Crippen LogP contribution in [0.4, 0.5) is 5.95 Å². The first kappa shape index (κ1) is 12.3. The van der Waals surface area contributed by atoms with E-state index >= 15 is 0 Å². The molecule has 0 saturated carbocycles. The molecule has 1 amide bonds. The van der Waals surface area contributed by atoms with Gasteiger partial charge < -0.3 is 4.57 Å². The molecule has 2 aromatic heterocycles. The molecule has 1 N–H and O–H groups in total. The summed E-state index contributed by atoms with van der Waals surface area (Å²) < 4.78 is 3.47. The van der Waals surface area contributed by atoms with Crippen LogP contribution in [0.25, 0.3) is 0 Å². The average molecular weight is 247 g/mol. The SMILES string of the molecule is Cc1cc(C)n(C(C)C(=O)Nc2nccn2C)n1. The number of anilines is 1. The van der Waals surface area contributed by atoms with Gasteiger partial charge in [-0.15, -0.1) is 0 Å². The van der Waals surface area contributed by atoms with Crippen molar-refractivity contribution in [3.8, 4) is 0 Å². The highest BCUT2D eigenvalue weighted by Gasteiger charge is 2.18. The predicted octanol–water partition coefficient (Wildman–Crippen LogP) is 1.43. The number of imidazole rings is 1. The van der Waals surface area contributed by atoms with Gasteiger partial charge in [0, 0.05) is 25.1 Å². The van der Waals surface area contributed by atoms with Gasteiger partial charge in [-0.05, 0) is 26.8 Å². The van der Waals surface area contributed by atoms with Crippen LogP contribution in [0.3, 0.4) is 0 Å². The van der Waals surface area contributed by atoms with E-state index < -0.39 is 0 Å². The second-order valence-electron chi connectivity index (χ2n) is 4.40. The zero-order valence-electron chi connectivity index (χ0n) is 11.0. The third-order valence-electron chi connectivity index (χ3n) is 2.85. The number of rotatable bonds is 3. The van der Waals surface area contributed by atoms with Crippen molar-refractivity contribution in [3.63, 3.8) is 0 Å². The summed E-state index contributed by atoms with van der Waals surface area (Å²) in [6, 6.07) is 1.58. The monoisotopic (exact) mass is 247 g/mol. The fourth-order valence-corrected chi connectivity index (χ4v) is 1.85. The number of aromatic nitrogens is 4. The fourth-order valence-electron chi connectivity index (χ4n) is 1.85. The summed E-state index contributed by atoms with van der Waals surface area (Å²) in [5.41, 5.74) is 1.87. The summed E-state index contributed by atoms with van der Waals surface area (Å²) in [6.07, 6.45) is 3.42. The summed E-state index contributed by atoms with van der Waals surface area (Å²) in [6.45, 7) is 5.66. The van der Waals surface area contributed by atoms with Crippen molar-refractivity contribution in [2.24, 2.45) is 7.05 Å². The minimum Gasteiger partial charge on any atom is -0.320 e. The highest BCUT2D eigenvalue weighted by Crippen LogP contribution is 2.13. The van der Waals surface area contributed by atoms with E-state index in [2.05, 4.69) is 15.4 Å². The van der Waals surface area contributed by atoms with Crippen LogP contribution >= 0.6 is 0 Å². The van der Waals surface area contributed by atoms with Gasteiger partial charge >= 0.3 is 0 Å². The summed E-state index contributed by atoms with van der Waals surface area (Å²) in [5, 5.41) is 7.09. The smallest absolute Gasteiger partial charge is 0.251 e. The van der Waals surface area contributed by atoms with E-state index in [1.54, 1.807) is 21.6 Å². The highest BCUT2D eigenvalue weighted by atomic mass is 16.2. The van der Waals surface area contributed by atoms with Crippen molar-refractivity contribution in [2.45, 2.75) is 26.8 Å². The molecule has 0 aromatic carbocycles. The topological polar surface area (TPSA) is 64.7 Å². The molecule has 0 fully saturated rings. The lowest BCUT2D eigenvalue weighted by molar-refractivity contribution is -0.119. The maximum Gasteiger partial charge on any atom is 0.251 e. The Morgan fingerprint density at radius 2 is 2.17 bits per heavy atom. The van der Waals surface area contributed by atoms with Crippen LogP contribution in [0.1, 0.15) is 24.4 Å². The number of carbonyl (C=O) groups excluding carboxylic acids is 1. The Hall–Kier alpha value is -2.11. The van der Waals surface area contributed by atoms with Gasteiger partial charge in [0.15, 0.2) is 0 Å². The van der Waals surface area contributed by atoms with Gasteiger partial charge in [0.2, 0.25) is 5.95 Å². The molecule has 2 heterocycles. The zero-order chi connectivity index (χ0) is 13.3. The third-order valence-corrected chi connectivity index (χ3v) is 2.85. The summed E-state index contributed by atoms with van der Waals surface area (Å²) in [4.78, 5) is 16.2. The molecule has 2 rings (SSSR count). The quantitative estimate of drug-likeness (QED) is 0.892. The first-order valence-corrected chi connectivity index (χ1v) is 5.80. The van der Waals surface area contributed by atoms with Gasteiger partial charge in [-0.1, -0.05) is 0 Å². The van der Waals surface area contributed by atoms with Crippen LogP contribution in [0.5, 0.6) is 0 Å². The summed E-state index contributed by atoms with van der Waals surface area (Å²) in [7, 11) is 1.83. The van der Waals surface area contributed by atoms with E-state index in [1.165, 1.54) is 0 Å². The van der Waals surface area contributed by atoms with Crippen LogP contribution in [-0.4, -0.2) is 25.2 Å². The summed E-state index contributed by atoms with van der Waals surface area (Å²) >= 11 is 0. The second kappa shape index (κ2) is 4.64. The van der Waals surface area contributed by atoms with Crippen LogP contribution in [0, 0.1) is 13.8 Å². The van der Waals surface area contributed by atoms with E-state index in [1.807, 2.05) is 33.9 Å². The van der Waals surface area contributed by atoms with Gasteiger partial charge in [0.25, 0.3) is 5.91 Å². The highest BCUT2D eigenvalue weighted by molar-refractivity contribution is 5.92. The van der Waals surface area contributed by atoms with Crippen molar-refractivity contribution in [1.82, 2.24) is 19.3 Å². The molecule has 1 atom stereocenters. The van der Waals surface area contributed by atoms with E-state index in [0.29, 0.717) is 5.95 Å². The molecule has 6 nitrogen and oxygen atoms in total. The lowest BCUT2D eigenvalue weighted by Crippen LogP contribution is -2.26. The molecule has 0 radical (unpaired) electrons. The number of nitrogens with one attached hydrogen (secondary N) is 1. The fraction of sp³-hybridized carbons (Fsp3) is 0.417. The molecule has 6 heteroatoms. The minimum absolute atomic E-state index is 0.129. The first-order chi connectivity index (χ1) is 8.49. The van der Waals surface area contributed by atoms with E-state index in [4.69, 9.17) is 0 Å². The molecule has 0 bridgehead atoms. The Morgan fingerprint density at radius 3 is 2.67 bits per heavy atom. The Morgan fingerprint density at radius 1 is 1.44 bits per heavy atom. The Labute approximate surface area is 106 Å². The Balaban J connectivity index is 2.14. The molecule has 18 heavy (non-hydrogen) atoms. The van der Waals surface area contributed by atoms with Crippen LogP contribution in [0.15, 0.2) is 18.5 Å². The van der Waals surface area contributed by atoms with Crippen molar-refractivity contribution >= 4 is 11.9 Å². The van der Waals surface area contributed by atoms with Gasteiger partial charge in [-0.2, -0.15) is 5.10 Å². The molecule has 0 spiro atoms. The zero-order valence-corrected chi connectivity index (χ0v) is 11.0. The Kier molecular flexibility index (Phi) is 3.18. The molecule has 2 aromatic rings. The normalized spacial score (nSPS) is 12.4. The van der Waals surface area contributed by atoms with Crippen LogP contribution in [-0.2, 0) is 11.8 Å². The molecule has 0 aliphatic carbocycles. The lowest BCUT2D eigenvalue weighted by atomic mass is 10.3. The molecular formula is C12H17N5O. The van der Waals surface area contributed by atoms with Gasteiger partial charge in [-0.25, -0.2) is 4.98 Å². The maximum atomic E-state index is 12.1. The number of hydrogen-bond donors (Lipinski definition) is 1. The number of hydrogen-bond acceptors (Lipinski definition) is 3. The maximum absolute atomic E-state index is 12.1. The minimum atomic E-state index is -0.365. The molecule has 0 aliphatic heterocycles. The number of amides is 1. The van der Waals surface area contributed by atoms with Crippen molar-refractivity contribution in [3.05, 3.63) is 29.8 Å². The van der Waals surface area contributed by atoms with Crippen molar-refractivity contribution in [2.75, 3.05) is 5.32 Å². The summed E-state index contributed by atoms with van der Waals surface area (Å²) in [5.74, 6) is 0.406. The Bertz CT molecular complexity index is 569. The van der Waals surface area contributed by atoms with Crippen molar-refractivity contribution < 1.29 is 4.79 Å². The van der Waals surface area contributed by atoms with Gasteiger partial charge in [-0.3, -0.25) is 14.8 Å². The average Bonchev–Trinajstić information content (AvgIpc) is 2.85. The molecule has 96 valence electrons. The number of nitrogens with zero attached hydrogens (tertiary/aromatic N) is 4. The third kappa shape index (κ3) is 2.27. The number of carbonyl (C=O) groups is 1. The van der Waals surface area contributed by atoms with E-state index in [9.17, 15) is 4.79 Å². The van der Waals surface area contributed by atoms with Crippen LogP contribution in [0.2, 0.25) is 0 Å². The van der Waals surface area contributed by atoms with Crippen LogP contribution < -0.4 is 5.32 Å². The number of aryl methyl sites for hydroxylation is 3. The standard InChI is InChI=1S/C12H17N5O/c1-8-7-9(2)17(15-8)10(3)11(18)14-12-13-5-6-16(12)4/h5-7,10H,1-4H3,(H,13,14,18). The predicted molar refractivity (Wildman–Crippen MR) is 68.2 cm³/mol. The first-order valence-electron chi connectivity index (χ1n) is 5.80. The van der Waals surface area contributed by atoms with Gasteiger partial charge in [0.05, 0.1) is 5.69 Å².